The largest absolute Gasteiger partial charge is 0.416 e. The number of nitrogens with one attached hydrogen (secondary N) is 2. The van der Waals surface area contributed by atoms with Gasteiger partial charge in [-0.3, -0.25) is 4.79 Å². The molecule has 0 atom stereocenters. The highest BCUT2D eigenvalue weighted by Gasteiger charge is 2.32. The van der Waals surface area contributed by atoms with Gasteiger partial charge in [0.05, 0.1) is 16.1 Å². The summed E-state index contributed by atoms with van der Waals surface area (Å²) >= 11 is 1.62. The van der Waals surface area contributed by atoms with Crippen LogP contribution in [0.4, 0.5) is 30.2 Å². The summed E-state index contributed by atoms with van der Waals surface area (Å²) in [5.41, 5.74) is 2.55. The normalized spacial score (nSPS) is 15.1. The maximum absolute atomic E-state index is 13.7. The van der Waals surface area contributed by atoms with Gasteiger partial charge in [-0.2, -0.15) is 13.2 Å². The van der Waals surface area contributed by atoms with Crippen molar-refractivity contribution < 1.29 is 18.0 Å². The number of alkyl halides is 3. The number of nitrogens with zero attached hydrogens (tertiary/aromatic N) is 4. The van der Waals surface area contributed by atoms with E-state index in [4.69, 9.17) is 4.99 Å². The van der Waals surface area contributed by atoms with Gasteiger partial charge in [-0.05, 0) is 74.0 Å². The first kappa shape index (κ1) is 25.2. The topological polar surface area (TPSA) is 74.5 Å². The summed E-state index contributed by atoms with van der Waals surface area (Å²) < 4.78 is 42.6. The van der Waals surface area contributed by atoms with Crippen LogP contribution in [0.3, 0.4) is 0 Å². The molecular weight excluding hydrogens is 525 g/mol. The lowest BCUT2D eigenvalue weighted by atomic mass is 10.1. The molecule has 1 aliphatic heterocycles. The molecule has 2 aromatic carbocycles. The standard InChI is InChI=1S/C28H25F3N6OS/c1-16-3-4-21(14-24(16)37-15-33-26(34-20-5-6-20)25-23(37)7-10-39-25)35-27(38)18-11-19(28(29,30)31)13-22(12-18)36-9-8-32-17(36)2/h3-4,7-14,20H,5-6,15H2,1-2H3,(H,33,34)(H,35,38). The van der Waals surface area contributed by atoms with E-state index in [9.17, 15) is 18.0 Å². The summed E-state index contributed by atoms with van der Waals surface area (Å²) in [6, 6.07) is 11.3. The van der Waals surface area contributed by atoms with Crippen LogP contribution in [-0.2, 0) is 6.18 Å². The van der Waals surface area contributed by atoms with Crippen LogP contribution < -0.4 is 15.5 Å². The Hall–Kier alpha value is -4.12. The van der Waals surface area contributed by atoms with Crippen LogP contribution in [0, 0.1) is 13.8 Å². The van der Waals surface area contributed by atoms with Crippen LogP contribution in [0.25, 0.3) is 5.69 Å². The number of imidazole rings is 1. The van der Waals surface area contributed by atoms with E-state index in [0.29, 0.717) is 24.2 Å². The molecule has 1 amide bonds. The third-order valence-corrected chi connectivity index (χ3v) is 7.72. The molecule has 1 saturated carbocycles. The van der Waals surface area contributed by atoms with E-state index in [2.05, 4.69) is 26.6 Å². The fourth-order valence-electron chi connectivity index (χ4n) is 4.60. The number of aliphatic imine (C=N–C) groups is 1. The molecule has 2 aromatic heterocycles. The number of amides is 1. The summed E-state index contributed by atoms with van der Waals surface area (Å²) in [5, 5.41) is 8.32. The zero-order chi connectivity index (χ0) is 27.3. The van der Waals surface area contributed by atoms with Gasteiger partial charge in [-0.25, -0.2) is 9.98 Å². The Morgan fingerprint density at radius 3 is 2.62 bits per heavy atom. The number of benzene rings is 2. The number of anilines is 3. The van der Waals surface area contributed by atoms with E-state index in [-0.39, 0.29) is 11.3 Å². The Labute approximate surface area is 227 Å². The van der Waals surface area contributed by atoms with Crippen molar-refractivity contribution in [3.8, 4) is 5.69 Å². The fraction of sp³-hybridized carbons (Fsp3) is 0.250. The zero-order valence-electron chi connectivity index (χ0n) is 21.2. The molecule has 4 aromatic rings. The first-order valence-electron chi connectivity index (χ1n) is 12.5. The van der Waals surface area contributed by atoms with Crippen LogP contribution in [0.5, 0.6) is 0 Å². The Morgan fingerprint density at radius 2 is 1.90 bits per heavy atom. The molecule has 2 aliphatic rings. The maximum atomic E-state index is 13.7. The van der Waals surface area contributed by atoms with E-state index in [1.54, 1.807) is 30.5 Å². The van der Waals surface area contributed by atoms with Gasteiger partial charge in [0.2, 0.25) is 0 Å². The van der Waals surface area contributed by atoms with Crippen LogP contribution in [0.15, 0.2) is 65.2 Å². The van der Waals surface area contributed by atoms with Crippen molar-refractivity contribution in [3.05, 3.63) is 87.6 Å². The van der Waals surface area contributed by atoms with Crippen molar-refractivity contribution in [3.63, 3.8) is 0 Å². The molecule has 0 bridgehead atoms. The van der Waals surface area contributed by atoms with Gasteiger partial charge in [0.25, 0.3) is 5.91 Å². The lowest BCUT2D eigenvalue weighted by Crippen LogP contribution is -2.33. The van der Waals surface area contributed by atoms with Gasteiger partial charge in [-0.15, -0.1) is 11.3 Å². The molecule has 39 heavy (non-hydrogen) atoms. The summed E-state index contributed by atoms with van der Waals surface area (Å²) in [6.07, 6.45) is 0.748. The number of fused-ring (bicyclic) bond motifs is 1. The van der Waals surface area contributed by atoms with Gasteiger partial charge in [0.1, 0.15) is 18.3 Å². The van der Waals surface area contributed by atoms with Gasteiger partial charge < -0.3 is 20.1 Å². The van der Waals surface area contributed by atoms with Crippen LogP contribution in [0.1, 0.15) is 45.0 Å². The molecule has 1 fully saturated rings. The molecule has 200 valence electrons. The maximum Gasteiger partial charge on any atom is 0.416 e. The highest BCUT2D eigenvalue weighted by Crippen LogP contribution is 2.38. The molecule has 0 spiro atoms. The zero-order valence-corrected chi connectivity index (χ0v) is 22.0. The Kier molecular flexibility index (Phi) is 6.17. The minimum atomic E-state index is -4.61. The number of hydrogen-bond donors (Lipinski definition) is 2. The number of carbonyl (C=O) groups is 1. The van der Waals surface area contributed by atoms with Gasteiger partial charge in [-0.1, -0.05) is 6.07 Å². The first-order valence-corrected chi connectivity index (χ1v) is 13.4. The number of hydrogen-bond acceptors (Lipinski definition) is 6. The quantitative estimate of drug-likeness (QED) is 0.300. The minimum Gasteiger partial charge on any atom is -0.366 e. The fourth-order valence-corrected chi connectivity index (χ4v) is 5.46. The second-order valence-corrected chi connectivity index (χ2v) is 10.6. The van der Waals surface area contributed by atoms with Crippen molar-refractivity contribution in [2.45, 2.75) is 38.9 Å². The van der Waals surface area contributed by atoms with Gasteiger partial charge in [0.15, 0.2) is 0 Å². The smallest absolute Gasteiger partial charge is 0.366 e. The number of amidine groups is 1. The molecule has 0 saturated heterocycles. The monoisotopic (exact) mass is 550 g/mol. The lowest BCUT2D eigenvalue weighted by molar-refractivity contribution is -0.137. The number of carbonyl (C=O) groups excluding carboxylic acids is 1. The van der Waals surface area contributed by atoms with Crippen molar-refractivity contribution in [2.75, 3.05) is 16.9 Å². The molecule has 0 radical (unpaired) electrons. The minimum absolute atomic E-state index is 0.103. The number of halogens is 3. The Bertz CT molecular complexity index is 1600. The lowest BCUT2D eigenvalue weighted by Gasteiger charge is -2.29. The van der Waals surface area contributed by atoms with E-state index in [1.807, 2.05) is 24.4 Å². The van der Waals surface area contributed by atoms with Crippen molar-refractivity contribution in [1.29, 1.82) is 0 Å². The molecule has 3 heterocycles. The van der Waals surface area contributed by atoms with E-state index >= 15 is 0 Å². The van der Waals surface area contributed by atoms with Crippen molar-refractivity contribution >= 4 is 40.1 Å². The highest BCUT2D eigenvalue weighted by molar-refractivity contribution is 7.12. The van der Waals surface area contributed by atoms with Gasteiger partial charge in [0, 0.05) is 41.1 Å². The van der Waals surface area contributed by atoms with Crippen LogP contribution in [0.2, 0.25) is 0 Å². The van der Waals surface area contributed by atoms with E-state index in [0.717, 1.165) is 52.6 Å². The predicted molar refractivity (Wildman–Crippen MR) is 146 cm³/mol. The number of aromatic nitrogens is 2. The molecule has 0 unspecified atom stereocenters. The van der Waals surface area contributed by atoms with Crippen molar-refractivity contribution in [1.82, 2.24) is 14.9 Å². The van der Waals surface area contributed by atoms with Gasteiger partial charge >= 0.3 is 6.18 Å². The molecule has 11 heteroatoms. The van der Waals surface area contributed by atoms with E-state index in [1.165, 1.54) is 16.8 Å². The average Bonchev–Trinajstić information content (AvgIpc) is 3.38. The number of thiophene rings is 1. The third kappa shape index (κ3) is 5.01. The Balaban J connectivity index is 1.30. The SMILES string of the molecule is Cc1ccc(NC(=O)c2cc(-n3ccnc3C)cc(C(F)(F)F)c2)cc1N1CN=C(NC2CC2)c2sccc21. The van der Waals surface area contributed by atoms with Crippen LogP contribution in [-0.4, -0.2) is 34.0 Å². The second kappa shape index (κ2) is 9.57. The predicted octanol–water partition coefficient (Wildman–Crippen LogP) is 6.43. The molecular formula is C28H25F3N6OS. The summed E-state index contributed by atoms with van der Waals surface area (Å²) in [7, 11) is 0. The average molecular weight is 551 g/mol. The molecule has 1 aliphatic carbocycles. The van der Waals surface area contributed by atoms with Crippen LogP contribution >= 0.6 is 11.3 Å². The van der Waals surface area contributed by atoms with Crippen molar-refractivity contribution in [2.24, 2.45) is 4.99 Å². The second-order valence-electron chi connectivity index (χ2n) is 9.70. The molecule has 7 nitrogen and oxygen atoms in total. The summed E-state index contributed by atoms with van der Waals surface area (Å²) in [4.78, 5) is 25.2. The molecule has 6 rings (SSSR count). The Morgan fingerprint density at radius 1 is 1.08 bits per heavy atom. The highest BCUT2D eigenvalue weighted by atomic mass is 32.1. The van der Waals surface area contributed by atoms with E-state index < -0.39 is 17.6 Å². The molecule has 2 N–H and O–H groups in total. The summed E-state index contributed by atoms with van der Waals surface area (Å²) in [6.45, 7) is 4.07. The number of aryl methyl sites for hydroxylation is 2. The third-order valence-electron chi connectivity index (χ3n) is 6.81. The first-order chi connectivity index (χ1) is 18.7. The summed E-state index contributed by atoms with van der Waals surface area (Å²) in [5.74, 6) is 0.782. The number of rotatable bonds is 5.